The van der Waals surface area contributed by atoms with E-state index in [4.69, 9.17) is 5.10 Å². The molecule has 1 aromatic carbocycles. The van der Waals surface area contributed by atoms with Gasteiger partial charge in [-0.25, -0.2) is 8.78 Å². The third-order valence-electron chi connectivity index (χ3n) is 6.65. The van der Waals surface area contributed by atoms with Gasteiger partial charge in [-0.3, -0.25) is 24.5 Å². The van der Waals surface area contributed by atoms with Crippen LogP contribution in [0.2, 0.25) is 0 Å². The Bertz CT molecular complexity index is 1460. The Morgan fingerprint density at radius 2 is 1.82 bits per heavy atom. The van der Waals surface area contributed by atoms with Crippen molar-refractivity contribution < 1.29 is 18.4 Å². The maximum atomic E-state index is 13.0. The lowest BCUT2D eigenvalue weighted by atomic mass is 9.98. The van der Waals surface area contributed by atoms with Crippen molar-refractivity contribution in [1.82, 2.24) is 25.0 Å². The Hall–Kier alpha value is -3.37. The molecule has 0 aliphatic carbocycles. The van der Waals surface area contributed by atoms with Crippen LogP contribution in [0.4, 0.5) is 8.78 Å². The summed E-state index contributed by atoms with van der Waals surface area (Å²) in [4.78, 5) is 31.8. The SMILES string of the molecule is O=C1NC(=O)C(c2nn(C3CCN(CC(F)F)CC3)c3ccccc23)=C1c1c[nH]c2sccc12. The topological polar surface area (TPSA) is 83.0 Å². The Balaban J connectivity index is 1.46. The highest BCUT2D eigenvalue weighted by molar-refractivity contribution is 7.16. The molecular weight excluding hydrogens is 460 g/mol. The van der Waals surface area contributed by atoms with E-state index in [1.807, 2.05) is 40.4 Å². The fourth-order valence-corrected chi connectivity index (χ4v) is 5.86. The van der Waals surface area contributed by atoms with Gasteiger partial charge in [-0.05, 0) is 30.4 Å². The largest absolute Gasteiger partial charge is 0.352 e. The van der Waals surface area contributed by atoms with Gasteiger partial charge in [0.05, 0.1) is 29.2 Å². The van der Waals surface area contributed by atoms with Gasteiger partial charge in [0.25, 0.3) is 18.2 Å². The Labute approximate surface area is 197 Å². The molecule has 2 N–H and O–H groups in total. The average molecular weight is 482 g/mol. The van der Waals surface area contributed by atoms with Crippen LogP contribution in [0, 0.1) is 0 Å². The highest BCUT2D eigenvalue weighted by Crippen LogP contribution is 2.39. The zero-order valence-electron chi connectivity index (χ0n) is 18.1. The molecule has 0 unspecified atom stereocenters. The number of piperidine rings is 1. The molecule has 2 aliphatic rings. The number of benzene rings is 1. The minimum atomic E-state index is -2.35. The highest BCUT2D eigenvalue weighted by atomic mass is 32.1. The van der Waals surface area contributed by atoms with Crippen LogP contribution in [0.3, 0.4) is 0 Å². The van der Waals surface area contributed by atoms with Crippen LogP contribution in [-0.4, -0.2) is 57.5 Å². The molecule has 10 heteroatoms. The normalized spacial score (nSPS) is 18.2. The maximum Gasteiger partial charge on any atom is 0.261 e. The minimum absolute atomic E-state index is 0.0210. The molecule has 1 fully saturated rings. The molecule has 2 amide bonds. The Kier molecular flexibility index (Phi) is 5.07. The quantitative estimate of drug-likeness (QED) is 0.422. The highest BCUT2D eigenvalue weighted by Gasteiger charge is 2.36. The summed E-state index contributed by atoms with van der Waals surface area (Å²) in [5.41, 5.74) is 2.58. The number of hydrogen-bond donors (Lipinski definition) is 2. The zero-order valence-corrected chi connectivity index (χ0v) is 18.9. The second-order valence-corrected chi connectivity index (χ2v) is 9.55. The van der Waals surface area contributed by atoms with Crippen molar-refractivity contribution in [2.75, 3.05) is 19.6 Å². The molecule has 3 aromatic heterocycles. The monoisotopic (exact) mass is 481 g/mol. The Morgan fingerprint density at radius 1 is 1.06 bits per heavy atom. The molecule has 34 heavy (non-hydrogen) atoms. The first-order valence-corrected chi connectivity index (χ1v) is 12.0. The van der Waals surface area contributed by atoms with Gasteiger partial charge < -0.3 is 4.98 Å². The van der Waals surface area contributed by atoms with E-state index in [-0.39, 0.29) is 18.2 Å². The number of halogens is 2. The third-order valence-corrected chi connectivity index (χ3v) is 7.50. The number of nitrogens with zero attached hydrogens (tertiary/aromatic N) is 3. The summed E-state index contributed by atoms with van der Waals surface area (Å²) in [6.07, 6.45) is 0.775. The number of likely N-dealkylation sites (tertiary alicyclic amines) is 1. The fraction of sp³-hybridized carbons (Fsp3) is 0.292. The summed E-state index contributed by atoms with van der Waals surface area (Å²) in [6.45, 7) is 0.903. The summed E-state index contributed by atoms with van der Waals surface area (Å²) in [7, 11) is 0. The van der Waals surface area contributed by atoms with Gasteiger partial charge in [0.15, 0.2) is 0 Å². The lowest BCUT2D eigenvalue weighted by molar-refractivity contribution is -0.122. The molecule has 2 aliphatic heterocycles. The number of imide groups is 1. The number of aromatic amines is 1. The second-order valence-electron chi connectivity index (χ2n) is 8.63. The van der Waals surface area contributed by atoms with E-state index in [2.05, 4.69) is 10.3 Å². The van der Waals surface area contributed by atoms with Crippen LogP contribution < -0.4 is 5.32 Å². The van der Waals surface area contributed by atoms with Gasteiger partial charge in [-0.1, -0.05) is 18.2 Å². The van der Waals surface area contributed by atoms with Gasteiger partial charge in [0.2, 0.25) is 0 Å². The second kappa shape index (κ2) is 8.14. The number of amides is 2. The first-order chi connectivity index (χ1) is 16.5. The predicted octanol–water partition coefficient (Wildman–Crippen LogP) is 4.05. The lowest BCUT2D eigenvalue weighted by Crippen LogP contribution is -2.37. The van der Waals surface area contributed by atoms with Gasteiger partial charge in [-0.15, -0.1) is 11.3 Å². The molecule has 4 aromatic rings. The molecule has 0 atom stereocenters. The average Bonchev–Trinajstić information content (AvgIpc) is 3.57. The maximum absolute atomic E-state index is 13.0. The number of fused-ring (bicyclic) bond motifs is 2. The first-order valence-electron chi connectivity index (χ1n) is 11.1. The molecule has 0 bridgehead atoms. The summed E-state index contributed by atoms with van der Waals surface area (Å²) >= 11 is 1.53. The van der Waals surface area contributed by atoms with E-state index < -0.39 is 18.2 Å². The number of carbonyl (C=O) groups is 2. The van der Waals surface area contributed by atoms with Crippen molar-refractivity contribution >= 4 is 55.4 Å². The van der Waals surface area contributed by atoms with Crippen molar-refractivity contribution in [1.29, 1.82) is 0 Å². The summed E-state index contributed by atoms with van der Waals surface area (Å²) in [5, 5.41) is 10.9. The van der Waals surface area contributed by atoms with Crippen LogP contribution >= 0.6 is 11.3 Å². The summed E-state index contributed by atoms with van der Waals surface area (Å²) in [6, 6.07) is 9.58. The van der Waals surface area contributed by atoms with E-state index in [0.29, 0.717) is 42.8 Å². The number of para-hydroxylation sites is 1. The van der Waals surface area contributed by atoms with Crippen LogP contribution in [0.1, 0.15) is 30.1 Å². The molecule has 174 valence electrons. The number of hydrogen-bond acceptors (Lipinski definition) is 5. The fourth-order valence-electron chi connectivity index (χ4n) is 5.09. The number of H-pyrrole nitrogens is 1. The molecule has 0 radical (unpaired) electrons. The summed E-state index contributed by atoms with van der Waals surface area (Å²) in [5.74, 6) is -0.905. The number of carbonyl (C=O) groups excluding carboxylic acids is 2. The smallest absolute Gasteiger partial charge is 0.261 e. The van der Waals surface area contributed by atoms with Crippen molar-refractivity contribution in [3.63, 3.8) is 0 Å². The predicted molar refractivity (Wildman–Crippen MR) is 127 cm³/mol. The number of rotatable bonds is 5. The van der Waals surface area contributed by atoms with E-state index in [0.717, 1.165) is 21.1 Å². The van der Waals surface area contributed by atoms with E-state index in [1.165, 1.54) is 11.3 Å². The molecule has 0 spiro atoms. The van der Waals surface area contributed by atoms with Crippen LogP contribution in [-0.2, 0) is 9.59 Å². The van der Waals surface area contributed by atoms with Gasteiger partial charge in [0.1, 0.15) is 10.5 Å². The third kappa shape index (κ3) is 3.36. The zero-order chi connectivity index (χ0) is 23.4. The first kappa shape index (κ1) is 21.2. The standard InChI is InChI=1S/C24H21F2N5O2S/c25-18(26)12-30-8-5-13(6-9-30)31-17-4-2-1-3-15(17)21(29-31)20-19(22(32)28-23(20)33)16-11-27-24-14(16)7-10-34-24/h1-4,7,10-11,13,18,27H,5-6,8-9,12H2,(H,28,32,33). The van der Waals surface area contributed by atoms with Crippen molar-refractivity contribution in [2.45, 2.75) is 25.3 Å². The van der Waals surface area contributed by atoms with Gasteiger partial charge in [-0.2, -0.15) is 5.10 Å². The van der Waals surface area contributed by atoms with Crippen molar-refractivity contribution in [2.24, 2.45) is 0 Å². The molecule has 1 saturated heterocycles. The number of thiophene rings is 1. The summed E-state index contributed by atoms with van der Waals surface area (Å²) < 4.78 is 27.5. The van der Waals surface area contributed by atoms with Crippen LogP contribution in [0.25, 0.3) is 32.3 Å². The lowest BCUT2D eigenvalue weighted by Gasteiger charge is -2.32. The molecular formula is C24H21F2N5O2S. The van der Waals surface area contributed by atoms with Gasteiger partial charge in [0, 0.05) is 35.6 Å². The van der Waals surface area contributed by atoms with Crippen LogP contribution in [0.5, 0.6) is 0 Å². The number of nitrogens with one attached hydrogen (secondary N) is 2. The minimum Gasteiger partial charge on any atom is -0.352 e. The van der Waals surface area contributed by atoms with Crippen molar-refractivity contribution in [3.8, 4) is 0 Å². The molecule has 7 nitrogen and oxygen atoms in total. The number of alkyl halides is 2. The van der Waals surface area contributed by atoms with Gasteiger partial charge >= 0.3 is 0 Å². The van der Waals surface area contributed by atoms with E-state index >= 15 is 0 Å². The Morgan fingerprint density at radius 3 is 2.62 bits per heavy atom. The van der Waals surface area contributed by atoms with E-state index in [1.54, 1.807) is 11.1 Å². The molecule has 5 heterocycles. The molecule has 0 saturated carbocycles. The van der Waals surface area contributed by atoms with Crippen LogP contribution in [0.15, 0.2) is 41.9 Å². The van der Waals surface area contributed by atoms with E-state index in [9.17, 15) is 18.4 Å². The number of aromatic nitrogens is 3. The molecule has 6 rings (SSSR count). The van der Waals surface area contributed by atoms with Crippen molar-refractivity contribution in [3.05, 3.63) is 53.2 Å².